The van der Waals surface area contributed by atoms with E-state index in [4.69, 9.17) is 16.6 Å². The normalized spacial score (nSPS) is 11.0. The number of nitrogens with zero attached hydrogens (tertiary/aromatic N) is 3. The van der Waals surface area contributed by atoms with Gasteiger partial charge in [0, 0.05) is 28.3 Å². The number of amides is 1. The number of aryl methyl sites for hydroxylation is 1. The highest BCUT2D eigenvalue weighted by atomic mass is 35.5. The molecule has 0 aliphatic carbocycles. The van der Waals surface area contributed by atoms with Gasteiger partial charge in [-0.1, -0.05) is 42.0 Å². The molecule has 0 aliphatic heterocycles. The second-order valence-corrected chi connectivity index (χ2v) is 9.62. The van der Waals surface area contributed by atoms with Crippen LogP contribution in [0.5, 0.6) is 0 Å². The third-order valence-electron chi connectivity index (χ3n) is 4.83. The topological polar surface area (TPSA) is 46.1 Å². The maximum Gasteiger partial charge on any atom is 0.229 e. The van der Waals surface area contributed by atoms with Gasteiger partial charge in [-0.2, -0.15) is 0 Å². The quantitative estimate of drug-likeness (QED) is 0.273. The largest absolute Gasteiger partial charge is 0.282 e. The van der Waals surface area contributed by atoms with Crippen LogP contribution >= 0.6 is 34.7 Å². The van der Waals surface area contributed by atoms with Crippen LogP contribution in [-0.4, -0.2) is 21.6 Å². The van der Waals surface area contributed by atoms with Crippen molar-refractivity contribution in [3.05, 3.63) is 83.1 Å². The van der Waals surface area contributed by atoms with Crippen LogP contribution < -0.4 is 4.90 Å². The molecule has 1 amide bonds. The number of aromatic nitrogens is 2. The maximum atomic E-state index is 13.2. The number of anilines is 1. The summed E-state index contributed by atoms with van der Waals surface area (Å²) in [5.41, 5.74) is 3.03. The van der Waals surface area contributed by atoms with Gasteiger partial charge < -0.3 is 0 Å². The van der Waals surface area contributed by atoms with Crippen molar-refractivity contribution in [2.45, 2.75) is 31.2 Å². The van der Waals surface area contributed by atoms with Crippen LogP contribution in [0, 0.1) is 0 Å². The second kappa shape index (κ2) is 10.3. The van der Waals surface area contributed by atoms with Gasteiger partial charge in [0.2, 0.25) is 5.91 Å². The number of rotatable bonds is 8. The molecule has 2 heterocycles. The van der Waals surface area contributed by atoms with E-state index in [2.05, 4.69) is 24.0 Å². The highest BCUT2D eigenvalue weighted by Gasteiger charge is 2.20. The number of benzene rings is 2. The lowest BCUT2D eigenvalue weighted by Crippen LogP contribution is -2.30. The number of halogens is 1. The van der Waals surface area contributed by atoms with Crippen LogP contribution in [0.4, 0.5) is 5.13 Å². The molecule has 158 valence electrons. The Bertz CT molecular complexity index is 1160. The lowest BCUT2D eigenvalue weighted by molar-refractivity contribution is -0.118. The Morgan fingerprint density at radius 1 is 1.13 bits per heavy atom. The van der Waals surface area contributed by atoms with E-state index in [0.29, 0.717) is 23.7 Å². The monoisotopic (exact) mass is 467 g/mol. The van der Waals surface area contributed by atoms with Crippen LogP contribution in [0.1, 0.15) is 24.6 Å². The smallest absolute Gasteiger partial charge is 0.229 e. The number of carbonyl (C=O) groups excluding carboxylic acids is 1. The van der Waals surface area contributed by atoms with Gasteiger partial charge in [0.25, 0.3) is 0 Å². The van der Waals surface area contributed by atoms with Gasteiger partial charge in [-0.05, 0) is 60.5 Å². The molecule has 2 aromatic heterocycles. The molecule has 4 nitrogen and oxygen atoms in total. The fraction of sp³-hybridized carbons (Fsp3) is 0.208. The minimum absolute atomic E-state index is 0.0434. The molecule has 0 saturated heterocycles. The molecule has 0 radical (unpaired) electrons. The zero-order chi connectivity index (χ0) is 21.6. The van der Waals surface area contributed by atoms with Crippen molar-refractivity contribution >= 4 is 56.0 Å². The van der Waals surface area contributed by atoms with Crippen molar-refractivity contribution in [3.63, 3.8) is 0 Å². The number of pyridine rings is 1. The zero-order valence-corrected chi connectivity index (χ0v) is 19.5. The molecule has 0 spiro atoms. The molecule has 0 atom stereocenters. The third kappa shape index (κ3) is 5.64. The van der Waals surface area contributed by atoms with Gasteiger partial charge in [-0.15, -0.1) is 11.8 Å². The van der Waals surface area contributed by atoms with Gasteiger partial charge in [0.15, 0.2) is 5.13 Å². The highest BCUT2D eigenvalue weighted by Crippen LogP contribution is 2.31. The van der Waals surface area contributed by atoms with Crippen LogP contribution in [-0.2, 0) is 17.8 Å². The van der Waals surface area contributed by atoms with E-state index in [1.54, 1.807) is 34.2 Å². The van der Waals surface area contributed by atoms with E-state index in [0.717, 1.165) is 32.4 Å². The minimum Gasteiger partial charge on any atom is -0.282 e. The van der Waals surface area contributed by atoms with Crippen LogP contribution in [0.15, 0.2) is 71.8 Å². The Morgan fingerprint density at radius 2 is 1.97 bits per heavy atom. The summed E-state index contributed by atoms with van der Waals surface area (Å²) in [7, 11) is 0. The van der Waals surface area contributed by atoms with E-state index in [9.17, 15) is 4.79 Å². The summed E-state index contributed by atoms with van der Waals surface area (Å²) in [5.74, 6) is 0.728. The fourth-order valence-electron chi connectivity index (χ4n) is 3.13. The first-order valence-corrected chi connectivity index (χ1v) is 12.3. The Kier molecular flexibility index (Phi) is 7.22. The summed E-state index contributed by atoms with van der Waals surface area (Å²) in [6.07, 6.45) is 3.14. The summed E-state index contributed by atoms with van der Waals surface area (Å²) in [5, 5.41) is 1.43. The molecule has 0 saturated carbocycles. The average Bonchev–Trinajstić information content (AvgIpc) is 3.22. The molecule has 0 aliphatic rings. The molecule has 2 aromatic carbocycles. The Hall–Kier alpha value is -2.41. The molecule has 7 heteroatoms. The lowest BCUT2D eigenvalue weighted by Gasteiger charge is -2.19. The van der Waals surface area contributed by atoms with Gasteiger partial charge in [-0.3, -0.25) is 14.7 Å². The van der Waals surface area contributed by atoms with Crippen molar-refractivity contribution in [1.29, 1.82) is 0 Å². The van der Waals surface area contributed by atoms with Gasteiger partial charge in [0.1, 0.15) is 0 Å². The number of fused-ring (bicyclic) bond motifs is 1. The number of hydrogen-bond donors (Lipinski definition) is 0. The molecule has 0 bridgehead atoms. The highest BCUT2D eigenvalue weighted by molar-refractivity contribution is 7.99. The molecule has 4 aromatic rings. The van der Waals surface area contributed by atoms with Gasteiger partial charge >= 0.3 is 0 Å². The summed E-state index contributed by atoms with van der Waals surface area (Å²) in [4.78, 5) is 25.3. The molecular weight excluding hydrogens is 446 g/mol. The van der Waals surface area contributed by atoms with Crippen molar-refractivity contribution in [3.8, 4) is 0 Å². The van der Waals surface area contributed by atoms with Crippen molar-refractivity contribution < 1.29 is 4.79 Å². The Balaban J connectivity index is 1.53. The molecule has 0 N–H and O–H groups in total. The third-order valence-corrected chi connectivity index (χ3v) is 7.13. The lowest BCUT2D eigenvalue weighted by atomic mass is 10.2. The molecule has 4 rings (SSSR count). The van der Waals surface area contributed by atoms with Crippen LogP contribution in [0.2, 0.25) is 5.02 Å². The molecular formula is C24H22ClN3OS2. The van der Waals surface area contributed by atoms with Crippen LogP contribution in [0.25, 0.3) is 10.2 Å². The molecule has 0 fully saturated rings. The summed E-state index contributed by atoms with van der Waals surface area (Å²) in [6.45, 7) is 2.55. The van der Waals surface area contributed by atoms with Crippen molar-refractivity contribution in [2.75, 3.05) is 10.7 Å². The van der Waals surface area contributed by atoms with E-state index in [-0.39, 0.29) is 5.91 Å². The van der Waals surface area contributed by atoms with Crippen molar-refractivity contribution in [2.24, 2.45) is 0 Å². The van der Waals surface area contributed by atoms with Crippen LogP contribution in [0.3, 0.4) is 0 Å². The Labute approximate surface area is 195 Å². The first-order valence-electron chi connectivity index (χ1n) is 10.1. The standard InChI is InChI=1S/C24H22ClN3OS2/c1-2-17-6-11-21-22(15-17)31-24(27-21)28(16-19-5-3-4-13-26-19)23(29)12-14-30-20-9-7-18(25)8-10-20/h3-11,13,15H,2,12,14,16H2,1H3. The molecule has 31 heavy (non-hydrogen) atoms. The van der Waals surface area contributed by atoms with E-state index < -0.39 is 0 Å². The first kappa shape index (κ1) is 21.8. The zero-order valence-electron chi connectivity index (χ0n) is 17.1. The van der Waals surface area contributed by atoms with E-state index in [1.165, 1.54) is 5.56 Å². The SMILES string of the molecule is CCc1ccc2nc(N(Cc3ccccn3)C(=O)CCSc3ccc(Cl)cc3)sc2c1. The van der Waals surface area contributed by atoms with E-state index in [1.807, 2.05) is 48.5 Å². The average molecular weight is 468 g/mol. The fourth-order valence-corrected chi connectivity index (χ4v) is 5.14. The summed E-state index contributed by atoms with van der Waals surface area (Å²) < 4.78 is 1.10. The number of hydrogen-bond acceptors (Lipinski definition) is 5. The maximum absolute atomic E-state index is 13.2. The number of carbonyl (C=O) groups is 1. The first-order chi connectivity index (χ1) is 15.1. The Morgan fingerprint density at radius 3 is 2.71 bits per heavy atom. The summed E-state index contributed by atoms with van der Waals surface area (Å²) in [6, 6.07) is 19.7. The minimum atomic E-state index is 0.0434. The predicted octanol–water partition coefficient (Wildman–Crippen LogP) is 6.62. The predicted molar refractivity (Wildman–Crippen MR) is 131 cm³/mol. The summed E-state index contributed by atoms with van der Waals surface area (Å²) >= 11 is 9.16. The van der Waals surface area contributed by atoms with Gasteiger partial charge in [-0.25, -0.2) is 4.98 Å². The number of thioether (sulfide) groups is 1. The number of thiazole rings is 1. The second-order valence-electron chi connectivity index (χ2n) is 7.01. The molecule has 0 unspecified atom stereocenters. The van der Waals surface area contributed by atoms with Gasteiger partial charge in [0.05, 0.1) is 22.5 Å². The van der Waals surface area contributed by atoms with E-state index >= 15 is 0 Å². The van der Waals surface area contributed by atoms with Crippen molar-refractivity contribution in [1.82, 2.24) is 9.97 Å².